The van der Waals surface area contributed by atoms with Crippen molar-refractivity contribution in [2.75, 3.05) is 0 Å². The van der Waals surface area contributed by atoms with E-state index in [0.717, 1.165) is 5.56 Å². The van der Waals surface area contributed by atoms with E-state index < -0.39 is 10.1 Å². The van der Waals surface area contributed by atoms with Gasteiger partial charge in [0.05, 0.1) is 4.90 Å². The Morgan fingerprint density at radius 3 is 2.15 bits per heavy atom. The molecule has 66 valence electrons. The van der Waals surface area contributed by atoms with Crippen LogP contribution in [0.5, 0.6) is 0 Å². The summed E-state index contributed by atoms with van der Waals surface area (Å²) < 4.78 is 30.2. The zero-order valence-electron chi connectivity index (χ0n) is 7.61. The Morgan fingerprint density at radius 1 is 1.23 bits per heavy atom. The second-order valence-corrected chi connectivity index (χ2v) is 4.13. The van der Waals surface area contributed by atoms with Crippen molar-refractivity contribution in [3.8, 4) is 0 Å². The van der Waals surface area contributed by atoms with Crippen LogP contribution in [0.1, 0.15) is 11.1 Å². The monoisotopic (exact) mass is 226 g/mol. The summed E-state index contributed by atoms with van der Waals surface area (Å²) in [4.78, 5) is -0.0203. The van der Waals surface area contributed by atoms with Gasteiger partial charge in [-0.15, -0.1) is 0 Å². The van der Waals surface area contributed by atoms with Crippen molar-refractivity contribution < 1.29 is 13.0 Å². The Labute approximate surface area is 108 Å². The van der Waals surface area contributed by atoms with Gasteiger partial charge in [0.2, 0.25) is 0 Å². The van der Waals surface area contributed by atoms with Crippen LogP contribution in [0.2, 0.25) is 0 Å². The number of hydrogen-bond acceptors (Lipinski definition) is 2. The van der Waals surface area contributed by atoms with Crippen molar-refractivity contribution in [3.05, 3.63) is 29.3 Å². The fraction of sp³-hybridized carbons (Fsp3) is 0.250. The molecule has 0 spiro atoms. The molecule has 0 radical (unpaired) electrons. The van der Waals surface area contributed by atoms with Gasteiger partial charge in [-0.05, 0) is 25.5 Å². The van der Waals surface area contributed by atoms with Crippen molar-refractivity contribution in [3.63, 3.8) is 0 Å². The predicted octanol–water partition coefficient (Wildman–Crippen LogP) is 1.17. The van der Waals surface area contributed by atoms with Gasteiger partial charge in [-0.1, -0.05) is 17.7 Å². The maximum absolute atomic E-state index is 10.7. The van der Waals surface area contributed by atoms with Gasteiger partial charge in [-0.3, -0.25) is 4.55 Å². The Balaban J connectivity index is 0.00000144. The molecule has 0 heterocycles. The maximum Gasteiger partial charge on any atom is 2.00 e. The van der Waals surface area contributed by atoms with Crippen LogP contribution in [-0.2, 0) is 10.1 Å². The van der Waals surface area contributed by atoms with Crippen LogP contribution in [0.4, 0.5) is 0 Å². The zero-order chi connectivity index (χ0) is 9.35. The van der Waals surface area contributed by atoms with E-state index in [1.165, 1.54) is 6.07 Å². The van der Waals surface area contributed by atoms with Gasteiger partial charge >= 0.3 is 37.7 Å². The van der Waals surface area contributed by atoms with Crippen LogP contribution in [-0.4, -0.2) is 50.7 Å². The van der Waals surface area contributed by atoms with Crippen LogP contribution in [0.15, 0.2) is 23.1 Å². The summed E-state index contributed by atoms with van der Waals surface area (Å²) in [5.41, 5.74) is 1.54. The molecule has 1 N–H and O–H groups in total. The van der Waals surface area contributed by atoms with Gasteiger partial charge in [-0.25, -0.2) is 0 Å². The molecule has 1 aromatic rings. The molecule has 0 saturated carbocycles. The standard InChI is InChI=1S/C8H10O3S.Ca/c1-6-3-4-8(7(2)5-6)12(9,10)11;/h3-5H,1-2H3,(H,9,10,11);/q;+2. The molecule has 0 aliphatic rings. The van der Waals surface area contributed by atoms with Gasteiger partial charge in [0.1, 0.15) is 0 Å². The van der Waals surface area contributed by atoms with Crippen molar-refractivity contribution in [1.82, 2.24) is 0 Å². The van der Waals surface area contributed by atoms with Gasteiger partial charge in [0, 0.05) is 0 Å². The third-order valence-electron chi connectivity index (χ3n) is 1.61. The molecule has 1 aromatic carbocycles. The molecule has 13 heavy (non-hydrogen) atoms. The van der Waals surface area contributed by atoms with E-state index >= 15 is 0 Å². The van der Waals surface area contributed by atoms with E-state index in [9.17, 15) is 8.42 Å². The van der Waals surface area contributed by atoms with E-state index in [4.69, 9.17) is 4.55 Å². The molecule has 0 atom stereocenters. The molecule has 5 heteroatoms. The van der Waals surface area contributed by atoms with Gasteiger partial charge in [-0.2, -0.15) is 8.42 Å². The van der Waals surface area contributed by atoms with E-state index in [1.54, 1.807) is 19.1 Å². The van der Waals surface area contributed by atoms with Crippen LogP contribution in [0, 0.1) is 13.8 Å². The summed E-state index contributed by atoms with van der Waals surface area (Å²) in [5.74, 6) is 0. The van der Waals surface area contributed by atoms with Gasteiger partial charge < -0.3 is 0 Å². The number of rotatable bonds is 1. The number of benzene rings is 1. The van der Waals surface area contributed by atoms with Crippen LogP contribution in [0.3, 0.4) is 0 Å². The smallest absolute Gasteiger partial charge is 0.282 e. The van der Waals surface area contributed by atoms with Crippen molar-refractivity contribution >= 4 is 47.9 Å². The van der Waals surface area contributed by atoms with Crippen LogP contribution >= 0.6 is 0 Å². The molecule has 0 unspecified atom stereocenters. The fourth-order valence-corrected chi connectivity index (χ4v) is 1.79. The Morgan fingerprint density at radius 2 is 1.77 bits per heavy atom. The average molecular weight is 226 g/mol. The quantitative estimate of drug-likeness (QED) is 0.577. The summed E-state index contributed by atoms with van der Waals surface area (Å²) in [6, 6.07) is 4.76. The summed E-state index contributed by atoms with van der Waals surface area (Å²) in [5, 5.41) is 0. The molecule has 0 bridgehead atoms. The van der Waals surface area contributed by atoms with Gasteiger partial charge in [0.15, 0.2) is 0 Å². The summed E-state index contributed by atoms with van der Waals surface area (Å²) in [7, 11) is -4.05. The summed E-state index contributed by atoms with van der Waals surface area (Å²) in [6.07, 6.45) is 0. The minimum Gasteiger partial charge on any atom is -0.282 e. The van der Waals surface area contributed by atoms with Crippen LogP contribution in [0.25, 0.3) is 0 Å². The van der Waals surface area contributed by atoms with E-state index in [2.05, 4.69) is 0 Å². The Kier molecular flexibility index (Phi) is 4.90. The molecule has 0 amide bonds. The second-order valence-electron chi connectivity index (χ2n) is 2.74. The van der Waals surface area contributed by atoms with E-state index in [1.807, 2.05) is 6.92 Å². The van der Waals surface area contributed by atoms with Crippen molar-refractivity contribution in [2.45, 2.75) is 18.7 Å². The van der Waals surface area contributed by atoms with Crippen molar-refractivity contribution in [2.24, 2.45) is 0 Å². The zero-order valence-corrected chi connectivity index (χ0v) is 10.6. The first-order valence-electron chi connectivity index (χ1n) is 3.46. The largest absolute Gasteiger partial charge is 2.00 e. The molecular weight excluding hydrogens is 216 g/mol. The first kappa shape index (κ1) is 13.4. The second kappa shape index (κ2) is 4.75. The fourth-order valence-electron chi connectivity index (χ4n) is 1.09. The Bertz CT molecular complexity index is 398. The van der Waals surface area contributed by atoms with Crippen molar-refractivity contribution in [1.29, 1.82) is 0 Å². The molecule has 0 saturated heterocycles. The average Bonchev–Trinajstić information content (AvgIpc) is 1.83. The molecule has 0 fully saturated rings. The molecule has 0 aliphatic carbocycles. The minimum atomic E-state index is -4.05. The number of aryl methyl sites for hydroxylation is 2. The van der Waals surface area contributed by atoms with E-state index in [0.29, 0.717) is 5.56 Å². The molecule has 0 aliphatic heterocycles. The number of hydrogen-bond donors (Lipinski definition) is 1. The summed E-state index contributed by atoms with van der Waals surface area (Å²) in [6.45, 7) is 3.51. The summed E-state index contributed by atoms with van der Waals surface area (Å²) >= 11 is 0. The van der Waals surface area contributed by atoms with E-state index in [-0.39, 0.29) is 42.6 Å². The molecular formula is C8H10CaO3S+2. The first-order chi connectivity index (χ1) is 5.41. The third-order valence-corrected chi connectivity index (χ3v) is 2.62. The molecule has 0 aromatic heterocycles. The molecule has 3 nitrogen and oxygen atoms in total. The third kappa shape index (κ3) is 3.56. The maximum atomic E-state index is 10.7. The van der Waals surface area contributed by atoms with Gasteiger partial charge in [0.25, 0.3) is 10.1 Å². The Hall–Kier alpha value is 0.390. The first-order valence-corrected chi connectivity index (χ1v) is 4.90. The topological polar surface area (TPSA) is 54.4 Å². The predicted molar refractivity (Wildman–Crippen MR) is 51.5 cm³/mol. The SMILES string of the molecule is Cc1ccc(S(=O)(=O)O)c(C)c1.[Ca+2]. The molecule has 1 rings (SSSR count). The minimum absolute atomic E-state index is 0. The normalized spacial score (nSPS) is 10.7. The van der Waals surface area contributed by atoms with Crippen LogP contribution < -0.4 is 0 Å².